The molecule has 4 aromatic rings. The van der Waals surface area contributed by atoms with Crippen molar-refractivity contribution in [3.05, 3.63) is 72.1 Å². The first-order chi connectivity index (χ1) is 15.2. The molecular weight excluding hydrogens is 388 g/mol. The number of piperazine rings is 1. The molecule has 1 aliphatic heterocycles. The third kappa shape index (κ3) is 4.25. The number of aromatic nitrogens is 2. The van der Waals surface area contributed by atoms with E-state index >= 15 is 0 Å². The van der Waals surface area contributed by atoms with E-state index in [2.05, 4.69) is 75.2 Å². The number of fused-ring (bicyclic) bond motifs is 1. The molecule has 5 rings (SSSR count). The second-order valence-corrected chi connectivity index (χ2v) is 7.99. The van der Waals surface area contributed by atoms with Crippen LogP contribution < -0.4 is 9.64 Å². The quantitative estimate of drug-likeness (QED) is 0.478. The number of rotatable bonds is 5. The summed E-state index contributed by atoms with van der Waals surface area (Å²) < 4.78 is 11.3. The summed E-state index contributed by atoms with van der Waals surface area (Å²) in [4.78, 5) is 13.4. The van der Waals surface area contributed by atoms with Crippen molar-refractivity contribution in [2.75, 3.05) is 38.2 Å². The Kier molecular flexibility index (Phi) is 5.30. The fourth-order valence-electron chi connectivity index (χ4n) is 4.03. The molecule has 31 heavy (non-hydrogen) atoms. The monoisotopic (exact) mass is 414 g/mol. The molecule has 0 amide bonds. The maximum atomic E-state index is 6.13. The SMILES string of the molecule is COc1ccnc(N2CCN(Cc3cc4cc(-c5ccc(C)cc5)ccc4o3)CC2)n1. The molecule has 2 aromatic carbocycles. The van der Waals surface area contributed by atoms with Crippen LogP contribution in [-0.2, 0) is 6.54 Å². The average molecular weight is 415 g/mol. The minimum atomic E-state index is 0.597. The Morgan fingerprint density at radius 3 is 2.48 bits per heavy atom. The summed E-state index contributed by atoms with van der Waals surface area (Å²) in [6.45, 7) is 6.55. The van der Waals surface area contributed by atoms with Crippen molar-refractivity contribution in [3.8, 4) is 17.0 Å². The first-order valence-corrected chi connectivity index (χ1v) is 10.6. The first kappa shape index (κ1) is 19.6. The van der Waals surface area contributed by atoms with Crippen molar-refractivity contribution in [1.82, 2.24) is 14.9 Å². The van der Waals surface area contributed by atoms with Gasteiger partial charge in [0.25, 0.3) is 0 Å². The molecular formula is C25H26N4O2. The molecule has 6 heteroatoms. The fourth-order valence-corrected chi connectivity index (χ4v) is 4.03. The number of furan rings is 1. The van der Waals surface area contributed by atoms with Gasteiger partial charge in [-0.15, -0.1) is 0 Å². The lowest BCUT2D eigenvalue weighted by molar-refractivity contribution is 0.231. The summed E-state index contributed by atoms with van der Waals surface area (Å²) in [7, 11) is 1.63. The molecule has 3 heterocycles. The molecule has 158 valence electrons. The maximum absolute atomic E-state index is 6.13. The molecule has 0 unspecified atom stereocenters. The second kappa shape index (κ2) is 8.40. The lowest BCUT2D eigenvalue weighted by Crippen LogP contribution is -2.46. The van der Waals surface area contributed by atoms with Crippen LogP contribution in [0, 0.1) is 6.92 Å². The Bertz CT molecular complexity index is 1180. The number of hydrogen-bond acceptors (Lipinski definition) is 6. The van der Waals surface area contributed by atoms with Crippen LogP contribution in [0.2, 0.25) is 0 Å². The largest absolute Gasteiger partial charge is 0.481 e. The van der Waals surface area contributed by atoms with Crippen LogP contribution in [-0.4, -0.2) is 48.2 Å². The highest BCUT2D eigenvalue weighted by atomic mass is 16.5. The zero-order valence-electron chi connectivity index (χ0n) is 17.9. The molecule has 2 aromatic heterocycles. The Balaban J connectivity index is 1.25. The van der Waals surface area contributed by atoms with Gasteiger partial charge in [-0.25, -0.2) is 4.98 Å². The third-order valence-electron chi connectivity index (χ3n) is 5.81. The van der Waals surface area contributed by atoms with Gasteiger partial charge in [0.2, 0.25) is 11.8 Å². The predicted octanol–water partition coefficient (Wildman–Crippen LogP) is 4.53. The highest BCUT2D eigenvalue weighted by Gasteiger charge is 2.20. The molecule has 0 N–H and O–H groups in total. The van der Waals surface area contributed by atoms with E-state index in [1.54, 1.807) is 19.4 Å². The van der Waals surface area contributed by atoms with Crippen molar-refractivity contribution in [3.63, 3.8) is 0 Å². The number of ether oxygens (including phenoxy) is 1. The number of nitrogens with zero attached hydrogens (tertiary/aromatic N) is 4. The van der Waals surface area contributed by atoms with Crippen molar-refractivity contribution in [2.45, 2.75) is 13.5 Å². The molecule has 0 saturated carbocycles. The van der Waals surface area contributed by atoms with Crippen molar-refractivity contribution < 1.29 is 9.15 Å². The van der Waals surface area contributed by atoms with E-state index in [0.717, 1.165) is 55.4 Å². The summed E-state index contributed by atoms with van der Waals surface area (Å²) >= 11 is 0. The van der Waals surface area contributed by atoms with Gasteiger partial charge in [-0.05, 0) is 36.2 Å². The minimum absolute atomic E-state index is 0.597. The molecule has 6 nitrogen and oxygen atoms in total. The van der Waals surface area contributed by atoms with E-state index in [0.29, 0.717) is 5.88 Å². The van der Waals surface area contributed by atoms with Crippen molar-refractivity contribution in [2.24, 2.45) is 0 Å². The second-order valence-electron chi connectivity index (χ2n) is 7.99. The molecule has 1 saturated heterocycles. The number of anilines is 1. The van der Waals surface area contributed by atoms with Gasteiger partial charge in [0, 0.05) is 43.8 Å². The van der Waals surface area contributed by atoms with Crippen LogP contribution in [0.5, 0.6) is 5.88 Å². The topological polar surface area (TPSA) is 54.6 Å². The lowest BCUT2D eigenvalue weighted by atomic mass is 10.0. The standard InChI is InChI=1S/C25H26N4O2/c1-18-3-5-19(6-4-18)20-7-8-23-21(15-20)16-22(31-23)17-28-11-13-29(14-12-28)25-26-10-9-24(27-25)30-2/h3-10,15-16H,11-14,17H2,1-2H3. The molecule has 0 atom stereocenters. The van der Waals surface area contributed by atoms with Crippen LogP contribution in [0.25, 0.3) is 22.1 Å². The normalized spacial score (nSPS) is 14.8. The van der Waals surface area contributed by atoms with Gasteiger partial charge >= 0.3 is 0 Å². The smallest absolute Gasteiger partial charge is 0.228 e. The third-order valence-corrected chi connectivity index (χ3v) is 5.81. The van der Waals surface area contributed by atoms with Crippen LogP contribution in [0.1, 0.15) is 11.3 Å². The van der Waals surface area contributed by atoms with E-state index in [-0.39, 0.29) is 0 Å². The van der Waals surface area contributed by atoms with E-state index in [1.807, 2.05) is 0 Å². The van der Waals surface area contributed by atoms with Gasteiger partial charge < -0.3 is 14.1 Å². The van der Waals surface area contributed by atoms with Crippen LogP contribution in [0.4, 0.5) is 5.95 Å². The Morgan fingerprint density at radius 2 is 1.71 bits per heavy atom. The Hall–Kier alpha value is -3.38. The van der Waals surface area contributed by atoms with Crippen molar-refractivity contribution >= 4 is 16.9 Å². The molecule has 0 bridgehead atoms. The van der Waals surface area contributed by atoms with E-state index in [9.17, 15) is 0 Å². The van der Waals surface area contributed by atoms with Gasteiger partial charge in [-0.3, -0.25) is 4.90 Å². The summed E-state index contributed by atoms with van der Waals surface area (Å²) in [5, 5.41) is 1.15. The fraction of sp³-hybridized carbons (Fsp3) is 0.280. The number of aryl methyl sites for hydroxylation is 1. The van der Waals surface area contributed by atoms with E-state index in [4.69, 9.17) is 9.15 Å². The number of hydrogen-bond donors (Lipinski definition) is 0. The van der Waals surface area contributed by atoms with Gasteiger partial charge in [0.15, 0.2) is 0 Å². The predicted molar refractivity (Wildman–Crippen MR) is 122 cm³/mol. The van der Waals surface area contributed by atoms with Gasteiger partial charge in [0.1, 0.15) is 11.3 Å². The van der Waals surface area contributed by atoms with Crippen LogP contribution >= 0.6 is 0 Å². The summed E-state index contributed by atoms with van der Waals surface area (Å²) in [6, 6.07) is 19.0. The zero-order chi connectivity index (χ0) is 21.2. The Labute approximate surface area is 182 Å². The molecule has 0 aliphatic carbocycles. The maximum Gasteiger partial charge on any atom is 0.228 e. The summed E-state index contributed by atoms with van der Waals surface area (Å²) in [6.07, 6.45) is 1.74. The number of benzene rings is 2. The lowest BCUT2D eigenvalue weighted by Gasteiger charge is -2.34. The molecule has 1 fully saturated rings. The highest BCUT2D eigenvalue weighted by Crippen LogP contribution is 2.28. The van der Waals surface area contributed by atoms with E-state index in [1.165, 1.54) is 16.7 Å². The van der Waals surface area contributed by atoms with Gasteiger partial charge in [-0.2, -0.15) is 4.98 Å². The van der Waals surface area contributed by atoms with E-state index < -0.39 is 0 Å². The first-order valence-electron chi connectivity index (χ1n) is 10.6. The number of methoxy groups -OCH3 is 1. The average Bonchev–Trinajstić information content (AvgIpc) is 3.21. The zero-order valence-corrected chi connectivity index (χ0v) is 17.9. The van der Waals surface area contributed by atoms with Crippen LogP contribution in [0.15, 0.2) is 65.2 Å². The minimum Gasteiger partial charge on any atom is -0.481 e. The van der Waals surface area contributed by atoms with Gasteiger partial charge in [0.05, 0.1) is 13.7 Å². The van der Waals surface area contributed by atoms with Crippen molar-refractivity contribution in [1.29, 1.82) is 0 Å². The van der Waals surface area contributed by atoms with Crippen LogP contribution in [0.3, 0.4) is 0 Å². The Morgan fingerprint density at radius 1 is 0.935 bits per heavy atom. The molecule has 1 aliphatic rings. The molecule has 0 radical (unpaired) electrons. The highest BCUT2D eigenvalue weighted by molar-refractivity contribution is 5.84. The summed E-state index contributed by atoms with van der Waals surface area (Å²) in [5.74, 6) is 2.33. The summed E-state index contributed by atoms with van der Waals surface area (Å²) in [5.41, 5.74) is 4.65. The molecule has 0 spiro atoms. The van der Waals surface area contributed by atoms with Gasteiger partial charge in [-0.1, -0.05) is 35.9 Å².